The van der Waals surface area contributed by atoms with Crippen LogP contribution in [0.25, 0.3) is 0 Å². The molecule has 0 aliphatic carbocycles. The van der Waals surface area contributed by atoms with Gasteiger partial charge in [-0.1, -0.05) is 66.4 Å². The highest BCUT2D eigenvalue weighted by Crippen LogP contribution is 2.39. The Bertz CT molecular complexity index is 1500. The Morgan fingerprint density at radius 3 is 2.21 bits per heavy atom. The number of nitrogens with zero attached hydrogens (tertiary/aromatic N) is 2. The van der Waals surface area contributed by atoms with Crippen LogP contribution in [0.1, 0.15) is 42.0 Å². The molecule has 4 atom stereocenters. The lowest BCUT2D eigenvalue weighted by Crippen LogP contribution is -2.56. The van der Waals surface area contributed by atoms with E-state index in [4.69, 9.17) is 14.9 Å². The molecule has 3 aliphatic heterocycles. The highest BCUT2D eigenvalue weighted by atomic mass is 32.2. The van der Waals surface area contributed by atoms with E-state index < -0.39 is 41.1 Å². The number of benzene rings is 2. The maximum atomic E-state index is 13.9. The second-order valence-corrected chi connectivity index (χ2v) is 12.8. The van der Waals surface area contributed by atoms with Crippen molar-refractivity contribution in [3.8, 4) is 0 Å². The number of carboxylic acid groups (broad SMARTS) is 3. The predicted molar refractivity (Wildman–Crippen MR) is 175 cm³/mol. The number of carbonyl (C=O) groups is 6. The van der Waals surface area contributed by atoms with Crippen LogP contribution in [0.2, 0.25) is 0 Å². The highest BCUT2D eigenvalue weighted by Gasteiger charge is 2.45. The molecule has 4 N–H and O–H groups in total. The summed E-state index contributed by atoms with van der Waals surface area (Å²) in [6.45, 7) is 2.70. The Morgan fingerprint density at radius 1 is 0.917 bits per heavy atom. The fraction of sp³-hybridized carbons (Fsp3) is 0.412. The molecular weight excluding hydrogens is 642 g/mol. The molecule has 0 bridgehead atoms. The number of amides is 2. The van der Waals surface area contributed by atoms with Crippen molar-refractivity contribution in [1.29, 1.82) is 0 Å². The number of morpholine rings is 1. The van der Waals surface area contributed by atoms with Gasteiger partial charge in [0.25, 0.3) is 0 Å². The van der Waals surface area contributed by atoms with E-state index in [0.717, 1.165) is 28.5 Å². The van der Waals surface area contributed by atoms with Gasteiger partial charge in [0.2, 0.25) is 16.9 Å². The Hall–Kier alpha value is -4.53. The lowest BCUT2D eigenvalue weighted by molar-refractivity contribution is -0.156. The molecular formula is C34H39N3O10S. The molecule has 5 rings (SSSR count). The van der Waals surface area contributed by atoms with Crippen molar-refractivity contribution >= 4 is 46.6 Å². The van der Waals surface area contributed by atoms with Crippen molar-refractivity contribution in [2.24, 2.45) is 0 Å². The second kappa shape index (κ2) is 17.6. The average Bonchev–Trinajstić information content (AvgIpc) is 3.18. The number of ether oxygens (including phenoxy) is 1. The van der Waals surface area contributed by atoms with Crippen molar-refractivity contribution in [3.05, 3.63) is 83.4 Å². The molecule has 3 heterocycles. The molecule has 0 aromatic heterocycles. The Kier molecular flexibility index (Phi) is 13.3. The van der Waals surface area contributed by atoms with Crippen LogP contribution in [0.3, 0.4) is 0 Å². The summed E-state index contributed by atoms with van der Waals surface area (Å²) in [5, 5.41) is 27.7. The molecule has 2 fully saturated rings. The van der Waals surface area contributed by atoms with Gasteiger partial charge in [-0.05, 0) is 42.4 Å². The minimum absolute atomic E-state index is 0.113. The van der Waals surface area contributed by atoms with Crippen LogP contribution in [0.4, 0.5) is 0 Å². The molecule has 13 nitrogen and oxygen atoms in total. The largest absolute Gasteiger partial charge is 0.480 e. The average molecular weight is 682 g/mol. The molecule has 14 heteroatoms. The summed E-state index contributed by atoms with van der Waals surface area (Å²) < 4.78 is 5.37. The van der Waals surface area contributed by atoms with E-state index in [2.05, 4.69) is 5.32 Å². The second-order valence-electron chi connectivity index (χ2n) is 11.6. The van der Waals surface area contributed by atoms with E-state index >= 15 is 0 Å². The maximum Gasteiger partial charge on any atom is 0.328 e. The van der Waals surface area contributed by atoms with Gasteiger partial charge in [0.15, 0.2) is 0 Å². The van der Waals surface area contributed by atoms with Gasteiger partial charge < -0.3 is 30.3 Å². The third-order valence-corrected chi connectivity index (χ3v) is 9.33. The van der Waals surface area contributed by atoms with Gasteiger partial charge >= 0.3 is 17.9 Å². The summed E-state index contributed by atoms with van der Waals surface area (Å²) in [6.07, 6.45) is 3.47. The number of nitrogens with one attached hydrogen (secondary N) is 1. The first-order valence-electron chi connectivity index (χ1n) is 15.6. The van der Waals surface area contributed by atoms with Crippen LogP contribution in [0.15, 0.2) is 66.7 Å². The van der Waals surface area contributed by atoms with E-state index in [9.17, 15) is 33.9 Å². The molecule has 0 spiro atoms. The number of rotatable bonds is 10. The molecule has 2 aromatic carbocycles. The third-order valence-electron chi connectivity index (χ3n) is 8.27. The maximum absolute atomic E-state index is 13.9. The van der Waals surface area contributed by atoms with E-state index in [1.54, 1.807) is 0 Å². The molecule has 256 valence electrons. The van der Waals surface area contributed by atoms with Gasteiger partial charge in [0, 0.05) is 31.7 Å². The first kappa shape index (κ1) is 36.3. The number of hydrogen-bond acceptors (Lipinski definition) is 9. The fourth-order valence-electron chi connectivity index (χ4n) is 6.06. The van der Waals surface area contributed by atoms with Gasteiger partial charge in [-0.25, -0.2) is 14.4 Å². The highest BCUT2D eigenvalue weighted by molar-refractivity contribution is 8.14. The topological polar surface area (TPSA) is 191 Å². The van der Waals surface area contributed by atoms with Gasteiger partial charge in [0.05, 0.1) is 31.1 Å². The van der Waals surface area contributed by atoms with Crippen molar-refractivity contribution in [2.75, 3.05) is 32.8 Å². The number of carboxylic acids is 3. The van der Waals surface area contributed by atoms with Crippen LogP contribution in [0.5, 0.6) is 0 Å². The van der Waals surface area contributed by atoms with Gasteiger partial charge in [-0.3, -0.25) is 19.3 Å². The van der Waals surface area contributed by atoms with Crippen LogP contribution in [-0.2, 0) is 46.3 Å². The summed E-state index contributed by atoms with van der Waals surface area (Å²) >= 11 is 0.998. The lowest BCUT2D eigenvalue weighted by Gasteiger charge is -2.40. The first-order chi connectivity index (χ1) is 23.0. The molecule has 0 radical (unpaired) electrons. The van der Waals surface area contributed by atoms with Crippen LogP contribution >= 0.6 is 11.8 Å². The van der Waals surface area contributed by atoms with Crippen molar-refractivity contribution < 1.29 is 48.8 Å². The van der Waals surface area contributed by atoms with Crippen molar-refractivity contribution in [2.45, 2.75) is 55.5 Å². The van der Waals surface area contributed by atoms with E-state index in [-0.39, 0.29) is 30.0 Å². The summed E-state index contributed by atoms with van der Waals surface area (Å²) in [6, 6.07) is 15.0. The Balaban J connectivity index is 0.000000579. The molecule has 2 amide bonds. The molecule has 48 heavy (non-hydrogen) atoms. The zero-order chi connectivity index (χ0) is 34.6. The van der Waals surface area contributed by atoms with E-state index in [0.29, 0.717) is 64.1 Å². The Labute approximate surface area is 281 Å². The van der Waals surface area contributed by atoms with E-state index in [1.807, 2.05) is 59.5 Å². The number of fused-ring (bicyclic) bond motifs is 3. The van der Waals surface area contributed by atoms with Gasteiger partial charge in [-0.15, -0.1) is 0 Å². The third kappa shape index (κ3) is 10.2. The number of aliphatic carboxylic acids is 3. The number of carbonyl (C=O) groups excluding carboxylic acids is 3. The van der Waals surface area contributed by atoms with E-state index in [1.165, 1.54) is 4.90 Å². The first-order valence-corrected chi connectivity index (χ1v) is 16.5. The minimum atomic E-state index is -1.26. The molecule has 2 aromatic rings. The van der Waals surface area contributed by atoms with Gasteiger partial charge in [-0.2, -0.15) is 0 Å². The quantitative estimate of drug-likeness (QED) is 0.268. The molecule has 3 aliphatic rings. The van der Waals surface area contributed by atoms with Crippen molar-refractivity contribution in [1.82, 2.24) is 15.1 Å². The Morgan fingerprint density at radius 2 is 1.56 bits per heavy atom. The minimum Gasteiger partial charge on any atom is -0.480 e. The molecule has 2 saturated heterocycles. The smallest absolute Gasteiger partial charge is 0.328 e. The van der Waals surface area contributed by atoms with Crippen LogP contribution in [0, 0.1) is 0 Å². The number of hydrogen-bond donors (Lipinski definition) is 4. The van der Waals surface area contributed by atoms with Gasteiger partial charge in [0.1, 0.15) is 12.1 Å². The standard InChI is InChI=1S/C30H35N3O6S.C4H4O4/c34-27(19-32-13-15-39-16-14-32)40-26(17-20-7-2-1-3-8-20)28(35)31-23-18-21-9-4-5-10-22(21)24-11-6-12-25(30(37)38)33(24)29(23)36;5-3(6)1-2-4(7)8/h1-5,7-10,23-26H,6,11-19H2,(H,31,35)(H,37,38);1-2H,(H,5,6)(H,7,8)/b;2-1-/t23-,24+,25-,26-;/m0./s1. The monoisotopic (exact) mass is 681 g/mol. The zero-order valence-corrected chi connectivity index (χ0v) is 27.0. The summed E-state index contributed by atoms with van der Waals surface area (Å²) in [5.41, 5.74) is 2.78. The molecule has 0 unspecified atom stereocenters. The van der Waals surface area contributed by atoms with Crippen LogP contribution < -0.4 is 5.32 Å². The summed E-state index contributed by atoms with van der Waals surface area (Å²) in [7, 11) is 0. The lowest BCUT2D eigenvalue weighted by atomic mass is 9.89. The predicted octanol–water partition coefficient (Wildman–Crippen LogP) is 2.15. The number of piperidine rings is 1. The SMILES string of the molecule is O=C(CN1CCOCC1)S[C@@H](Cc1ccccc1)C(=O)N[C@H]1Cc2ccccc2[C@H]2CCC[C@@H](C(=O)O)N2C1=O.O=C(O)/C=C\C(=O)O. The normalized spacial score (nSPS) is 21.5. The van der Waals surface area contributed by atoms with Crippen molar-refractivity contribution in [3.63, 3.8) is 0 Å². The summed E-state index contributed by atoms with van der Waals surface area (Å²) in [4.78, 5) is 75.5. The number of thioether (sulfide) groups is 1. The molecule has 0 saturated carbocycles. The van der Waals surface area contributed by atoms with Crippen LogP contribution in [-0.4, -0.2) is 110 Å². The summed E-state index contributed by atoms with van der Waals surface area (Å²) in [5.74, 6) is -4.33. The fourth-order valence-corrected chi connectivity index (χ4v) is 7.09. The zero-order valence-electron chi connectivity index (χ0n) is 26.2.